The van der Waals surface area contributed by atoms with Gasteiger partial charge in [-0.05, 0) is 43.5 Å². The first-order chi connectivity index (χ1) is 10.4. The van der Waals surface area contributed by atoms with Crippen LogP contribution in [0, 0.1) is 11.8 Å². The molecule has 2 rings (SSSR count). The molecule has 0 heterocycles. The second-order valence-electron chi connectivity index (χ2n) is 5.65. The molecule has 1 fully saturated rings. The topological polar surface area (TPSA) is 84.5 Å². The third kappa shape index (κ3) is 4.31. The lowest BCUT2D eigenvalue weighted by Gasteiger charge is -2.13. The fourth-order valence-electron chi connectivity index (χ4n) is 2.05. The average Bonchev–Trinajstić information content (AvgIpc) is 3.17. The summed E-state index contributed by atoms with van der Waals surface area (Å²) >= 11 is 0. The van der Waals surface area contributed by atoms with Crippen LogP contribution in [-0.4, -0.2) is 23.9 Å². The van der Waals surface area contributed by atoms with Crippen molar-refractivity contribution in [2.45, 2.75) is 33.3 Å². The van der Waals surface area contributed by atoms with Crippen LogP contribution in [0.5, 0.6) is 0 Å². The molecule has 0 aliphatic heterocycles. The first-order valence-electron chi connectivity index (χ1n) is 7.26. The number of amides is 2. The quantitative estimate of drug-likeness (QED) is 0.817. The second-order valence-corrected chi connectivity index (χ2v) is 5.65. The third-order valence-corrected chi connectivity index (χ3v) is 3.55. The van der Waals surface area contributed by atoms with Crippen molar-refractivity contribution in [3.63, 3.8) is 0 Å². The summed E-state index contributed by atoms with van der Waals surface area (Å²) in [6.45, 7) is 4.95. The van der Waals surface area contributed by atoms with Crippen LogP contribution in [0.3, 0.4) is 0 Å². The maximum absolute atomic E-state index is 12.0. The van der Waals surface area contributed by atoms with E-state index in [2.05, 4.69) is 10.6 Å². The Bertz CT molecular complexity index is 582. The number of nitrogens with one attached hydrogen (secondary N) is 2. The molecule has 0 unspecified atom stereocenters. The van der Waals surface area contributed by atoms with Crippen LogP contribution in [0.2, 0.25) is 0 Å². The van der Waals surface area contributed by atoms with Crippen molar-refractivity contribution in [2.24, 2.45) is 11.8 Å². The number of anilines is 2. The summed E-state index contributed by atoms with van der Waals surface area (Å²) in [4.78, 5) is 34.6. The van der Waals surface area contributed by atoms with E-state index in [0.717, 1.165) is 6.42 Å². The highest BCUT2D eigenvalue weighted by molar-refractivity contribution is 5.95. The standard InChI is InChI=1S/C16H20N2O4/c1-9-8-14(9)16(21)22-10(2)15(20)18-13-6-4-12(5-7-13)17-11(3)19/h4-7,9-10,14H,8H2,1-3H3,(H,17,19)(H,18,20)/t9-,10+,14+/m0/s1. The van der Waals surface area contributed by atoms with Crippen molar-refractivity contribution >= 4 is 29.2 Å². The fourth-order valence-corrected chi connectivity index (χ4v) is 2.05. The Morgan fingerprint density at radius 1 is 1.14 bits per heavy atom. The molecule has 118 valence electrons. The smallest absolute Gasteiger partial charge is 0.309 e. The van der Waals surface area contributed by atoms with E-state index in [1.165, 1.54) is 6.92 Å². The van der Waals surface area contributed by atoms with E-state index in [0.29, 0.717) is 17.3 Å². The van der Waals surface area contributed by atoms with Gasteiger partial charge in [0.25, 0.3) is 5.91 Å². The van der Waals surface area contributed by atoms with Crippen molar-refractivity contribution in [1.29, 1.82) is 0 Å². The van der Waals surface area contributed by atoms with Crippen LogP contribution < -0.4 is 10.6 Å². The maximum Gasteiger partial charge on any atom is 0.309 e. The molecule has 0 saturated heterocycles. The van der Waals surface area contributed by atoms with E-state index >= 15 is 0 Å². The number of hydrogen-bond donors (Lipinski definition) is 2. The first-order valence-corrected chi connectivity index (χ1v) is 7.26. The zero-order valence-electron chi connectivity index (χ0n) is 12.9. The maximum atomic E-state index is 12.0. The Hall–Kier alpha value is -2.37. The molecule has 1 aromatic rings. The molecular weight excluding hydrogens is 284 g/mol. The SMILES string of the molecule is CC(=O)Nc1ccc(NC(=O)[C@@H](C)OC(=O)[C@@H]2C[C@@H]2C)cc1. The highest BCUT2D eigenvalue weighted by atomic mass is 16.5. The van der Waals surface area contributed by atoms with Gasteiger partial charge in [-0.25, -0.2) is 0 Å². The van der Waals surface area contributed by atoms with Gasteiger partial charge < -0.3 is 15.4 Å². The number of carbonyl (C=O) groups excluding carboxylic acids is 3. The molecule has 0 bridgehead atoms. The second kappa shape index (κ2) is 6.60. The zero-order valence-corrected chi connectivity index (χ0v) is 12.9. The molecule has 1 aliphatic carbocycles. The summed E-state index contributed by atoms with van der Waals surface area (Å²) in [7, 11) is 0. The van der Waals surface area contributed by atoms with Gasteiger partial charge in [0.2, 0.25) is 5.91 Å². The van der Waals surface area contributed by atoms with Crippen LogP contribution in [-0.2, 0) is 19.1 Å². The van der Waals surface area contributed by atoms with Crippen LogP contribution in [0.15, 0.2) is 24.3 Å². The minimum atomic E-state index is -0.838. The van der Waals surface area contributed by atoms with Crippen molar-refractivity contribution < 1.29 is 19.1 Å². The molecule has 1 saturated carbocycles. The van der Waals surface area contributed by atoms with Crippen molar-refractivity contribution in [1.82, 2.24) is 0 Å². The summed E-state index contributed by atoms with van der Waals surface area (Å²) in [5, 5.41) is 5.31. The lowest BCUT2D eigenvalue weighted by atomic mass is 10.2. The number of benzene rings is 1. The molecule has 6 nitrogen and oxygen atoms in total. The lowest BCUT2D eigenvalue weighted by molar-refractivity contribution is -0.154. The van der Waals surface area contributed by atoms with Crippen molar-refractivity contribution in [3.05, 3.63) is 24.3 Å². The van der Waals surface area contributed by atoms with E-state index in [1.807, 2.05) is 6.92 Å². The number of carbonyl (C=O) groups is 3. The molecule has 0 spiro atoms. The number of ether oxygens (including phenoxy) is 1. The molecule has 22 heavy (non-hydrogen) atoms. The molecule has 2 N–H and O–H groups in total. The van der Waals surface area contributed by atoms with Gasteiger partial charge >= 0.3 is 5.97 Å². The molecule has 3 atom stereocenters. The molecule has 0 radical (unpaired) electrons. The van der Waals surface area contributed by atoms with Gasteiger partial charge in [0.1, 0.15) is 0 Å². The van der Waals surface area contributed by atoms with Crippen molar-refractivity contribution in [3.8, 4) is 0 Å². The van der Waals surface area contributed by atoms with Gasteiger partial charge in [-0.15, -0.1) is 0 Å². The summed E-state index contributed by atoms with van der Waals surface area (Å²) in [5.74, 6) is -0.562. The van der Waals surface area contributed by atoms with Crippen LogP contribution in [0.4, 0.5) is 11.4 Å². The largest absolute Gasteiger partial charge is 0.452 e. The highest BCUT2D eigenvalue weighted by Gasteiger charge is 2.41. The van der Waals surface area contributed by atoms with E-state index in [-0.39, 0.29) is 23.7 Å². The third-order valence-electron chi connectivity index (χ3n) is 3.55. The van der Waals surface area contributed by atoms with Gasteiger partial charge in [-0.1, -0.05) is 6.92 Å². The van der Waals surface area contributed by atoms with Gasteiger partial charge in [0.15, 0.2) is 6.10 Å². The highest BCUT2D eigenvalue weighted by Crippen LogP contribution is 2.38. The Morgan fingerprint density at radius 3 is 2.09 bits per heavy atom. The van der Waals surface area contributed by atoms with Crippen LogP contribution >= 0.6 is 0 Å². The summed E-state index contributed by atoms with van der Waals surface area (Å²) < 4.78 is 5.15. The predicted molar refractivity (Wildman–Crippen MR) is 82.2 cm³/mol. The Labute approximate surface area is 129 Å². The van der Waals surface area contributed by atoms with Gasteiger partial charge in [-0.3, -0.25) is 14.4 Å². The average molecular weight is 304 g/mol. The molecular formula is C16H20N2O4. The van der Waals surface area contributed by atoms with Crippen LogP contribution in [0.1, 0.15) is 27.2 Å². The minimum absolute atomic E-state index is 0.0628. The minimum Gasteiger partial charge on any atom is -0.452 e. The zero-order chi connectivity index (χ0) is 16.3. The van der Waals surface area contributed by atoms with Gasteiger partial charge in [0, 0.05) is 18.3 Å². The first kappa shape index (κ1) is 16.0. The molecule has 0 aromatic heterocycles. The van der Waals surface area contributed by atoms with E-state index < -0.39 is 6.10 Å². The van der Waals surface area contributed by atoms with E-state index in [9.17, 15) is 14.4 Å². The molecule has 1 aliphatic rings. The van der Waals surface area contributed by atoms with Gasteiger partial charge in [-0.2, -0.15) is 0 Å². The van der Waals surface area contributed by atoms with E-state index in [4.69, 9.17) is 4.74 Å². The van der Waals surface area contributed by atoms with Crippen molar-refractivity contribution in [2.75, 3.05) is 10.6 Å². The summed E-state index contributed by atoms with van der Waals surface area (Å²) in [5.41, 5.74) is 1.22. The number of hydrogen-bond acceptors (Lipinski definition) is 4. The lowest BCUT2D eigenvalue weighted by Crippen LogP contribution is -2.30. The Morgan fingerprint density at radius 2 is 1.64 bits per heavy atom. The summed E-state index contributed by atoms with van der Waals surface area (Å²) in [6.07, 6.45) is -0.00653. The Kier molecular flexibility index (Phi) is 4.80. The molecule has 1 aromatic carbocycles. The number of esters is 1. The Balaban J connectivity index is 1.85. The normalized spacial score (nSPS) is 20.7. The fraction of sp³-hybridized carbons (Fsp3) is 0.438. The molecule has 6 heteroatoms. The summed E-state index contributed by atoms with van der Waals surface area (Å²) in [6, 6.07) is 6.69. The number of rotatable bonds is 5. The van der Waals surface area contributed by atoms with Crippen LogP contribution in [0.25, 0.3) is 0 Å². The van der Waals surface area contributed by atoms with Gasteiger partial charge in [0.05, 0.1) is 5.92 Å². The monoisotopic (exact) mass is 304 g/mol. The van der Waals surface area contributed by atoms with E-state index in [1.54, 1.807) is 31.2 Å². The molecule has 2 amide bonds. The predicted octanol–water partition coefficient (Wildman–Crippen LogP) is 2.17.